The van der Waals surface area contributed by atoms with Crippen molar-refractivity contribution in [3.8, 4) is 0 Å². The fourth-order valence-electron chi connectivity index (χ4n) is 1.24. The van der Waals surface area contributed by atoms with Crippen molar-refractivity contribution in [1.29, 1.82) is 0 Å². The SMILES string of the molecule is F[CH]C(F)(F)C(F)(F)C(F)(F)C(F)(F)C(F)(F)C(F)(F)C(F)(F)C(F)(F)F. The normalized spacial score (nSPS) is 16.7. The molecule has 0 aliphatic carbocycles. The monoisotopic (exact) mass is 451 g/mol. The zero-order chi connectivity index (χ0) is 22.7. The van der Waals surface area contributed by atoms with Crippen LogP contribution >= 0.6 is 0 Å². The molecule has 0 aromatic heterocycles. The van der Waals surface area contributed by atoms with Crippen LogP contribution in [0.2, 0.25) is 0 Å². The lowest BCUT2D eigenvalue weighted by Gasteiger charge is -2.42. The fourth-order valence-corrected chi connectivity index (χ4v) is 1.24. The molecule has 0 fully saturated rings. The van der Waals surface area contributed by atoms with Crippen molar-refractivity contribution < 1.29 is 79.0 Å². The zero-order valence-electron chi connectivity index (χ0n) is 11.4. The molecule has 0 bridgehead atoms. The maximum Gasteiger partial charge on any atom is 0.460 e. The van der Waals surface area contributed by atoms with Crippen LogP contribution < -0.4 is 0 Å². The van der Waals surface area contributed by atoms with Gasteiger partial charge in [-0.25, -0.2) is 4.39 Å². The smallest absolute Gasteiger partial charge is 0.237 e. The van der Waals surface area contributed by atoms with Crippen LogP contribution in [-0.4, -0.2) is 47.6 Å². The number of hydrogen-bond donors (Lipinski definition) is 0. The molecule has 163 valence electrons. The Kier molecular flexibility index (Phi) is 5.83. The van der Waals surface area contributed by atoms with Gasteiger partial charge in [0.1, 0.15) is 0 Å². The molecule has 27 heavy (non-hydrogen) atoms. The Morgan fingerprint density at radius 2 is 0.556 bits per heavy atom. The largest absolute Gasteiger partial charge is 0.460 e. The fraction of sp³-hybridized carbons (Fsp3) is 0.889. The van der Waals surface area contributed by atoms with Crippen LogP contribution in [0.1, 0.15) is 0 Å². The molecule has 0 nitrogen and oxygen atoms in total. The topological polar surface area (TPSA) is 0 Å². The molecule has 0 N–H and O–H groups in total. The van der Waals surface area contributed by atoms with Crippen LogP contribution in [0.15, 0.2) is 0 Å². The van der Waals surface area contributed by atoms with Gasteiger partial charge < -0.3 is 0 Å². The molecular weight excluding hydrogens is 450 g/mol. The first-order valence-electron chi connectivity index (χ1n) is 5.47. The third kappa shape index (κ3) is 3.05. The summed E-state index contributed by atoms with van der Waals surface area (Å²) >= 11 is 0. The molecule has 0 atom stereocenters. The molecule has 0 heterocycles. The molecule has 0 rings (SSSR count). The van der Waals surface area contributed by atoms with Gasteiger partial charge in [0.15, 0.2) is 0 Å². The molecule has 0 aliphatic heterocycles. The third-order valence-corrected chi connectivity index (χ3v) is 2.88. The lowest BCUT2D eigenvalue weighted by molar-refractivity contribution is -0.460. The van der Waals surface area contributed by atoms with Gasteiger partial charge in [0.05, 0.1) is 0 Å². The van der Waals surface area contributed by atoms with E-state index in [0.717, 1.165) is 0 Å². The van der Waals surface area contributed by atoms with Gasteiger partial charge in [-0.1, -0.05) is 0 Å². The van der Waals surface area contributed by atoms with Crippen molar-refractivity contribution in [3.63, 3.8) is 0 Å². The van der Waals surface area contributed by atoms with Gasteiger partial charge in [-0.15, -0.1) is 0 Å². The third-order valence-electron chi connectivity index (χ3n) is 2.88. The Bertz CT molecular complexity index is 538. The summed E-state index contributed by atoms with van der Waals surface area (Å²) in [6.45, 7) is -2.75. The van der Waals surface area contributed by atoms with E-state index in [9.17, 15) is 79.0 Å². The molecule has 0 aliphatic rings. The predicted octanol–water partition coefficient (Wildman–Crippen LogP) is 6.13. The highest BCUT2D eigenvalue weighted by atomic mass is 19.4. The van der Waals surface area contributed by atoms with Gasteiger partial charge >= 0.3 is 47.6 Å². The minimum absolute atomic E-state index is 2.75. The van der Waals surface area contributed by atoms with Crippen molar-refractivity contribution in [2.75, 3.05) is 0 Å². The second-order valence-corrected chi connectivity index (χ2v) is 4.68. The van der Waals surface area contributed by atoms with Crippen LogP contribution in [0.3, 0.4) is 0 Å². The summed E-state index contributed by atoms with van der Waals surface area (Å²) < 4.78 is 224. The average molecular weight is 451 g/mol. The maximum absolute atomic E-state index is 12.9. The van der Waals surface area contributed by atoms with Crippen LogP contribution in [0.25, 0.3) is 0 Å². The summed E-state index contributed by atoms with van der Waals surface area (Å²) in [6, 6.07) is 0. The Morgan fingerprint density at radius 3 is 0.778 bits per heavy atom. The van der Waals surface area contributed by atoms with Gasteiger partial charge in [-0.05, 0) is 0 Å². The number of halogens is 18. The Balaban J connectivity index is 6.65. The molecule has 0 amide bonds. The maximum atomic E-state index is 12.9. The molecule has 0 aromatic carbocycles. The molecule has 1 radical (unpaired) electrons. The Morgan fingerprint density at radius 1 is 0.333 bits per heavy atom. The van der Waals surface area contributed by atoms with Crippen LogP contribution in [-0.2, 0) is 0 Å². The predicted molar refractivity (Wildman–Crippen MR) is 46.1 cm³/mol. The minimum Gasteiger partial charge on any atom is -0.237 e. The number of alkyl halides is 17. The van der Waals surface area contributed by atoms with Crippen LogP contribution in [0, 0.1) is 6.67 Å². The van der Waals surface area contributed by atoms with E-state index in [1.54, 1.807) is 0 Å². The van der Waals surface area contributed by atoms with E-state index >= 15 is 0 Å². The second-order valence-electron chi connectivity index (χ2n) is 4.68. The average Bonchev–Trinajstić information content (AvgIpc) is 2.44. The summed E-state index contributed by atoms with van der Waals surface area (Å²) in [6.07, 6.45) is -7.80. The van der Waals surface area contributed by atoms with Crippen molar-refractivity contribution in [1.82, 2.24) is 0 Å². The van der Waals surface area contributed by atoms with E-state index in [4.69, 9.17) is 0 Å². The molecule has 0 spiro atoms. The summed E-state index contributed by atoms with van der Waals surface area (Å²) in [5, 5.41) is 0. The molecule has 0 saturated carbocycles. The van der Waals surface area contributed by atoms with Gasteiger partial charge in [-0.3, -0.25) is 0 Å². The van der Waals surface area contributed by atoms with E-state index in [-0.39, 0.29) is 0 Å². The van der Waals surface area contributed by atoms with Crippen molar-refractivity contribution in [2.45, 2.75) is 47.6 Å². The van der Waals surface area contributed by atoms with Gasteiger partial charge in [0, 0.05) is 0 Å². The highest BCUT2D eigenvalue weighted by Crippen LogP contribution is 2.64. The number of hydrogen-bond acceptors (Lipinski definition) is 0. The zero-order valence-corrected chi connectivity index (χ0v) is 11.4. The first-order chi connectivity index (χ1) is 11.3. The molecule has 0 saturated heterocycles. The second kappa shape index (κ2) is 6.12. The lowest BCUT2D eigenvalue weighted by Crippen LogP contribution is -2.74. The van der Waals surface area contributed by atoms with Crippen molar-refractivity contribution in [2.24, 2.45) is 0 Å². The molecule has 0 unspecified atom stereocenters. The summed E-state index contributed by atoms with van der Waals surface area (Å²) in [4.78, 5) is 0. The van der Waals surface area contributed by atoms with Gasteiger partial charge in [-0.2, -0.15) is 74.6 Å². The summed E-state index contributed by atoms with van der Waals surface area (Å²) in [5.41, 5.74) is 0. The van der Waals surface area contributed by atoms with E-state index < -0.39 is 54.3 Å². The van der Waals surface area contributed by atoms with Crippen molar-refractivity contribution >= 4 is 0 Å². The molecule has 0 aromatic rings. The first kappa shape index (κ1) is 25.7. The standard InChI is InChI=1S/C9HF18/c10-1-2(11,12)3(13,14)4(15,16)5(17,18)6(19,20)7(21,22)8(23,24)9(25,26)27/h1H. The Labute approximate surface area is 135 Å². The highest BCUT2D eigenvalue weighted by molar-refractivity contribution is 5.15. The summed E-state index contributed by atoms with van der Waals surface area (Å²) in [5.74, 6) is -57.6. The summed E-state index contributed by atoms with van der Waals surface area (Å²) in [7, 11) is 0. The van der Waals surface area contributed by atoms with E-state index in [1.165, 1.54) is 0 Å². The van der Waals surface area contributed by atoms with Gasteiger partial charge in [0.25, 0.3) is 0 Å². The lowest BCUT2D eigenvalue weighted by atomic mass is 9.89. The van der Waals surface area contributed by atoms with Crippen LogP contribution in [0.5, 0.6) is 0 Å². The van der Waals surface area contributed by atoms with E-state index in [2.05, 4.69) is 0 Å². The van der Waals surface area contributed by atoms with Gasteiger partial charge in [0.2, 0.25) is 6.67 Å². The van der Waals surface area contributed by atoms with E-state index in [0.29, 0.717) is 0 Å². The highest BCUT2D eigenvalue weighted by Gasteiger charge is 2.95. The van der Waals surface area contributed by atoms with Crippen LogP contribution in [0.4, 0.5) is 79.0 Å². The van der Waals surface area contributed by atoms with E-state index in [1.807, 2.05) is 0 Å². The molecular formula is C9HF18. The minimum atomic E-state index is -8.70. The molecule has 18 heteroatoms. The Hall–Kier alpha value is -1.26. The quantitative estimate of drug-likeness (QED) is 0.409. The van der Waals surface area contributed by atoms with Crippen molar-refractivity contribution in [3.05, 3.63) is 6.67 Å². The first-order valence-corrected chi connectivity index (χ1v) is 5.47. The number of rotatable bonds is 7.